The number of likely N-dealkylation sites (tertiary alicyclic amines) is 1. The predicted octanol–water partition coefficient (Wildman–Crippen LogP) is 1.04. The van der Waals surface area contributed by atoms with E-state index in [1.165, 1.54) is 18.5 Å². The Morgan fingerprint density at radius 1 is 1.17 bits per heavy atom. The summed E-state index contributed by atoms with van der Waals surface area (Å²) in [7, 11) is 0. The molecule has 1 aromatic heterocycles. The summed E-state index contributed by atoms with van der Waals surface area (Å²) in [5.74, 6) is 0.741. The van der Waals surface area contributed by atoms with Crippen LogP contribution in [-0.2, 0) is 16.1 Å². The Labute approximate surface area is 168 Å². The van der Waals surface area contributed by atoms with E-state index in [-0.39, 0.29) is 30.0 Å². The number of amides is 2. The van der Waals surface area contributed by atoms with Crippen LogP contribution in [0.2, 0.25) is 0 Å². The second kappa shape index (κ2) is 8.69. The number of carbonyl (C=O) groups is 2. The highest BCUT2D eigenvalue weighted by molar-refractivity contribution is 5.88. The number of hydrogen-bond acceptors (Lipinski definition) is 5. The topological polar surface area (TPSA) is 94.2 Å². The molecule has 0 saturated carbocycles. The molecule has 0 aliphatic carbocycles. The number of hydrogen-bond donors (Lipinski definition) is 2. The average Bonchev–Trinajstić information content (AvgIpc) is 3.27. The molecule has 2 amide bonds. The summed E-state index contributed by atoms with van der Waals surface area (Å²) in [6.45, 7) is 3.02. The number of rotatable bonds is 5. The molecule has 0 bridgehead atoms. The fourth-order valence-corrected chi connectivity index (χ4v) is 4.11. The minimum atomic E-state index is -0.506. The summed E-state index contributed by atoms with van der Waals surface area (Å²) in [4.78, 5) is 33.4. The number of nitrogens with zero attached hydrogens (tertiary/aromatic N) is 4. The first-order valence-corrected chi connectivity index (χ1v) is 9.99. The van der Waals surface area contributed by atoms with Crippen molar-refractivity contribution in [1.29, 1.82) is 0 Å². The molecule has 8 nitrogen and oxygen atoms in total. The maximum absolute atomic E-state index is 13.2. The first-order chi connectivity index (χ1) is 14.1. The average molecular weight is 400 g/mol. The van der Waals surface area contributed by atoms with Gasteiger partial charge in [-0.25, -0.2) is 9.37 Å². The van der Waals surface area contributed by atoms with Crippen molar-refractivity contribution in [3.05, 3.63) is 47.8 Å². The zero-order valence-electron chi connectivity index (χ0n) is 16.2. The number of halogens is 1. The van der Waals surface area contributed by atoms with Crippen LogP contribution in [0.1, 0.15) is 36.6 Å². The van der Waals surface area contributed by atoms with Crippen LogP contribution >= 0.6 is 0 Å². The van der Waals surface area contributed by atoms with Crippen molar-refractivity contribution in [2.45, 2.75) is 37.8 Å². The van der Waals surface area contributed by atoms with Crippen LogP contribution in [-0.4, -0.2) is 69.0 Å². The predicted molar refractivity (Wildman–Crippen MR) is 103 cm³/mol. The molecule has 2 aliphatic rings. The molecule has 2 fully saturated rings. The van der Waals surface area contributed by atoms with Crippen molar-refractivity contribution < 1.29 is 14.0 Å². The van der Waals surface area contributed by atoms with Gasteiger partial charge in [0, 0.05) is 38.6 Å². The molecule has 2 aliphatic heterocycles. The van der Waals surface area contributed by atoms with Crippen LogP contribution in [0, 0.1) is 5.82 Å². The zero-order chi connectivity index (χ0) is 20.2. The summed E-state index contributed by atoms with van der Waals surface area (Å²) in [6, 6.07) is 5.76. The quantitative estimate of drug-likeness (QED) is 0.782. The van der Waals surface area contributed by atoms with Crippen LogP contribution in [0.15, 0.2) is 30.6 Å². The number of H-pyrrole nitrogens is 1. The largest absolute Gasteiger partial charge is 0.353 e. The lowest BCUT2D eigenvalue weighted by molar-refractivity contribution is -0.139. The summed E-state index contributed by atoms with van der Waals surface area (Å²) in [5.41, 5.74) is 0.923. The van der Waals surface area contributed by atoms with Crippen LogP contribution in [0.25, 0.3) is 0 Å². The van der Waals surface area contributed by atoms with E-state index < -0.39 is 6.04 Å². The van der Waals surface area contributed by atoms with E-state index in [1.807, 2.05) is 9.80 Å². The van der Waals surface area contributed by atoms with Gasteiger partial charge in [0.05, 0.1) is 12.5 Å². The second-order valence-electron chi connectivity index (χ2n) is 7.63. The van der Waals surface area contributed by atoms with Gasteiger partial charge >= 0.3 is 0 Å². The van der Waals surface area contributed by atoms with E-state index in [4.69, 9.17) is 0 Å². The number of carbonyl (C=O) groups excluding carboxylic acids is 2. The molecule has 2 saturated heterocycles. The molecule has 0 radical (unpaired) electrons. The fraction of sp³-hybridized carbons (Fsp3) is 0.500. The minimum absolute atomic E-state index is 0.00724. The van der Waals surface area contributed by atoms with Gasteiger partial charge in [-0.3, -0.25) is 19.6 Å². The normalized spacial score (nSPS) is 21.2. The third kappa shape index (κ3) is 4.61. The molecule has 3 heterocycles. The molecule has 2 N–H and O–H groups in total. The molecule has 29 heavy (non-hydrogen) atoms. The molecule has 2 aromatic rings. The van der Waals surface area contributed by atoms with Crippen LogP contribution in [0.4, 0.5) is 4.39 Å². The summed E-state index contributed by atoms with van der Waals surface area (Å²) < 4.78 is 13.2. The van der Waals surface area contributed by atoms with Gasteiger partial charge in [-0.15, -0.1) is 0 Å². The van der Waals surface area contributed by atoms with E-state index in [1.54, 1.807) is 12.1 Å². The standard InChI is InChI=1S/C20H25FN6O2/c21-16-3-1-14(2-4-16)12-27-10-7-22-20(29)17(27)11-18(28)26-8-5-15(6-9-26)19-23-13-24-25-19/h1-4,13,15,17H,5-12H2,(H,22,29)(H,23,24,25)/t17-/m0/s1. The Hall–Kier alpha value is -2.81. The number of piperidine rings is 1. The van der Waals surface area contributed by atoms with Gasteiger partial charge in [0.15, 0.2) is 0 Å². The third-order valence-electron chi connectivity index (χ3n) is 5.78. The van der Waals surface area contributed by atoms with Gasteiger partial charge in [0.1, 0.15) is 18.0 Å². The van der Waals surface area contributed by atoms with E-state index in [9.17, 15) is 14.0 Å². The van der Waals surface area contributed by atoms with Gasteiger partial charge < -0.3 is 10.2 Å². The number of aromatic amines is 1. The number of benzene rings is 1. The molecule has 1 aromatic carbocycles. The lowest BCUT2D eigenvalue weighted by Gasteiger charge is -2.37. The van der Waals surface area contributed by atoms with Crippen molar-refractivity contribution >= 4 is 11.8 Å². The lowest BCUT2D eigenvalue weighted by Crippen LogP contribution is -2.56. The van der Waals surface area contributed by atoms with E-state index >= 15 is 0 Å². The first kappa shape index (κ1) is 19.5. The fourth-order valence-electron chi connectivity index (χ4n) is 4.11. The Bertz CT molecular complexity index is 833. The Balaban J connectivity index is 1.36. The summed E-state index contributed by atoms with van der Waals surface area (Å²) in [5, 5.41) is 9.66. The van der Waals surface area contributed by atoms with Crippen molar-refractivity contribution in [3.63, 3.8) is 0 Å². The molecule has 0 unspecified atom stereocenters. The minimum Gasteiger partial charge on any atom is -0.353 e. The molecule has 4 rings (SSSR count). The lowest BCUT2D eigenvalue weighted by atomic mass is 9.95. The third-order valence-corrected chi connectivity index (χ3v) is 5.78. The van der Waals surface area contributed by atoms with Crippen LogP contribution in [0.3, 0.4) is 0 Å². The molecule has 1 atom stereocenters. The van der Waals surface area contributed by atoms with E-state index in [0.717, 1.165) is 24.2 Å². The molecular weight excluding hydrogens is 375 g/mol. The maximum atomic E-state index is 13.2. The molecule has 9 heteroatoms. The van der Waals surface area contributed by atoms with Gasteiger partial charge in [0.2, 0.25) is 11.8 Å². The highest BCUT2D eigenvalue weighted by Crippen LogP contribution is 2.26. The highest BCUT2D eigenvalue weighted by atomic mass is 19.1. The molecule has 154 valence electrons. The van der Waals surface area contributed by atoms with Crippen molar-refractivity contribution in [3.8, 4) is 0 Å². The second-order valence-corrected chi connectivity index (χ2v) is 7.63. The van der Waals surface area contributed by atoms with Crippen molar-refractivity contribution in [2.75, 3.05) is 26.2 Å². The smallest absolute Gasteiger partial charge is 0.237 e. The van der Waals surface area contributed by atoms with Gasteiger partial charge in [-0.1, -0.05) is 12.1 Å². The van der Waals surface area contributed by atoms with Gasteiger partial charge in [-0.05, 0) is 30.5 Å². The molecule has 0 spiro atoms. The van der Waals surface area contributed by atoms with Gasteiger partial charge in [0.25, 0.3) is 0 Å². The van der Waals surface area contributed by atoms with Crippen molar-refractivity contribution in [2.24, 2.45) is 0 Å². The molecular formula is C20H25FN6O2. The Kier molecular flexibility index (Phi) is 5.84. The van der Waals surface area contributed by atoms with Gasteiger partial charge in [-0.2, -0.15) is 5.10 Å². The monoisotopic (exact) mass is 400 g/mol. The van der Waals surface area contributed by atoms with E-state index in [0.29, 0.717) is 32.7 Å². The zero-order valence-corrected chi connectivity index (χ0v) is 16.2. The van der Waals surface area contributed by atoms with E-state index in [2.05, 4.69) is 20.5 Å². The van der Waals surface area contributed by atoms with Crippen LogP contribution in [0.5, 0.6) is 0 Å². The number of aromatic nitrogens is 3. The number of piperazine rings is 1. The van der Waals surface area contributed by atoms with Crippen LogP contribution < -0.4 is 5.32 Å². The summed E-state index contributed by atoms with van der Waals surface area (Å²) in [6.07, 6.45) is 3.32. The maximum Gasteiger partial charge on any atom is 0.237 e. The SMILES string of the molecule is O=C1NCCN(Cc2ccc(F)cc2)[C@H]1CC(=O)N1CCC(c2ncn[nH]2)CC1. The Morgan fingerprint density at radius 2 is 1.93 bits per heavy atom. The summed E-state index contributed by atoms with van der Waals surface area (Å²) >= 11 is 0. The first-order valence-electron chi connectivity index (χ1n) is 9.99. The highest BCUT2D eigenvalue weighted by Gasteiger charge is 2.34. The Morgan fingerprint density at radius 3 is 2.62 bits per heavy atom. The van der Waals surface area contributed by atoms with Crippen molar-refractivity contribution in [1.82, 2.24) is 30.3 Å². The number of nitrogens with one attached hydrogen (secondary N) is 2.